The Hall–Kier alpha value is -2.88. The summed E-state index contributed by atoms with van der Waals surface area (Å²) in [6.07, 6.45) is 4.31. The van der Waals surface area contributed by atoms with Crippen LogP contribution < -0.4 is 0 Å². The number of aryl methyl sites for hydroxylation is 1. The summed E-state index contributed by atoms with van der Waals surface area (Å²) in [5, 5.41) is 0. The molecule has 0 radical (unpaired) electrons. The minimum absolute atomic E-state index is 0.00822. The highest BCUT2D eigenvalue weighted by Crippen LogP contribution is 2.48. The smallest absolute Gasteiger partial charge is 0.227 e. The van der Waals surface area contributed by atoms with Crippen LogP contribution in [-0.2, 0) is 17.9 Å². The minimum Gasteiger partial charge on any atom is -0.469 e. The molecule has 1 fully saturated rings. The number of rotatable bonds is 6. The number of pyridine rings is 1. The molecule has 0 unspecified atom stereocenters. The molecule has 1 aliphatic carbocycles. The third-order valence-electron chi connectivity index (χ3n) is 5.03. The predicted octanol–water partition coefficient (Wildman–Crippen LogP) is 4.32. The third kappa shape index (κ3) is 3.54. The fraction of sp³-hybridized carbons (Fsp3) is 0.273. The van der Waals surface area contributed by atoms with Gasteiger partial charge in [-0.2, -0.15) is 0 Å². The van der Waals surface area contributed by atoms with Crippen molar-refractivity contribution in [2.24, 2.45) is 5.92 Å². The molecule has 0 spiro atoms. The molecular weight excluding hydrogens is 324 g/mol. The van der Waals surface area contributed by atoms with Gasteiger partial charge in [-0.05, 0) is 48.7 Å². The summed E-state index contributed by atoms with van der Waals surface area (Å²) >= 11 is 0. The van der Waals surface area contributed by atoms with Gasteiger partial charge in [-0.25, -0.2) is 0 Å². The molecular formula is C22H22N2O2. The molecule has 4 heteroatoms. The summed E-state index contributed by atoms with van der Waals surface area (Å²) < 4.78 is 5.49. The van der Waals surface area contributed by atoms with Crippen molar-refractivity contribution in [1.29, 1.82) is 0 Å². The number of amides is 1. The van der Waals surface area contributed by atoms with Crippen molar-refractivity contribution in [3.05, 3.63) is 89.6 Å². The van der Waals surface area contributed by atoms with Crippen LogP contribution in [0.3, 0.4) is 0 Å². The highest BCUT2D eigenvalue weighted by molar-refractivity contribution is 5.82. The van der Waals surface area contributed by atoms with Crippen molar-refractivity contribution in [3.63, 3.8) is 0 Å². The Morgan fingerprint density at radius 3 is 2.69 bits per heavy atom. The largest absolute Gasteiger partial charge is 0.469 e. The number of hydrogen-bond donors (Lipinski definition) is 0. The van der Waals surface area contributed by atoms with Crippen LogP contribution in [0, 0.1) is 12.8 Å². The molecule has 2 heterocycles. The molecule has 2 atom stereocenters. The van der Waals surface area contributed by atoms with E-state index in [1.807, 2.05) is 47.4 Å². The molecule has 3 aromatic rings. The quantitative estimate of drug-likeness (QED) is 0.668. The minimum atomic E-state index is 0.00822. The van der Waals surface area contributed by atoms with Crippen LogP contribution in [0.2, 0.25) is 0 Å². The van der Waals surface area contributed by atoms with Gasteiger partial charge in [-0.15, -0.1) is 0 Å². The van der Waals surface area contributed by atoms with Crippen molar-refractivity contribution < 1.29 is 9.21 Å². The topological polar surface area (TPSA) is 46.3 Å². The Kier molecular flexibility index (Phi) is 4.57. The highest BCUT2D eigenvalue weighted by atomic mass is 16.3. The number of nitrogens with zero attached hydrogens (tertiary/aromatic N) is 2. The van der Waals surface area contributed by atoms with Crippen molar-refractivity contribution >= 4 is 5.91 Å². The van der Waals surface area contributed by atoms with Gasteiger partial charge in [-0.1, -0.05) is 30.3 Å². The number of benzene rings is 1. The Labute approximate surface area is 153 Å². The summed E-state index contributed by atoms with van der Waals surface area (Å²) in [6.45, 7) is 3.21. The Morgan fingerprint density at radius 1 is 1.12 bits per heavy atom. The summed E-state index contributed by atoms with van der Waals surface area (Å²) in [5.74, 6) is 1.31. The molecule has 1 amide bonds. The molecule has 4 rings (SSSR count). The van der Waals surface area contributed by atoms with E-state index in [4.69, 9.17) is 4.42 Å². The molecule has 0 aliphatic heterocycles. The zero-order valence-corrected chi connectivity index (χ0v) is 14.8. The van der Waals surface area contributed by atoms with Crippen LogP contribution in [0.15, 0.2) is 71.5 Å². The van der Waals surface area contributed by atoms with Gasteiger partial charge in [0.1, 0.15) is 5.76 Å². The fourth-order valence-corrected chi connectivity index (χ4v) is 3.41. The zero-order chi connectivity index (χ0) is 17.9. The van der Waals surface area contributed by atoms with Crippen molar-refractivity contribution in [2.75, 3.05) is 0 Å². The van der Waals surface area contributed by atoms with Gasteiger partial charge in [-0.3, -0.25) is 9.78 Å². The second-order valence-corrected chi connectivity index (χ2v) is 6.91. The molecule has 1 aliphatic rings. The lowest BCUT2D eigenvalue weighted by atomic mass is 10.1. The molecule has 1 aromatic carbocycles. The molecule has 26 heavy (non-hydrogen) atoms. The number of aromatic nitrogens is 1. The molecule has 1 saturated carbocycles. The van der Waals surface area contributed by atoms with E-state index in [2.05, 4.69) is 24.0 Å². The van der Waals surface area contributed by atoms with Gasteiger partial charge in [0.15, 0.2) is 0 Å². The Morgan fingerprint density at radius 2 is 1.96 bits per heavy atom. The Bertz CT molecular complexity index is 874. The van der Waals surface area contributed by atoms with E-state index in [9.17, 15) is 4.79 Å². The monoisotopic (exact) mass is 346 g/mol. The van der Waals surface area contributed by atoms with E-state index in [1.165, 1.54) is 11.1 Å². The lowest BCUT2D eigenvalue weighted by molar-refractivity contribution is -0.134. The molecule has 0 bridgehead atoms. The summed E-state index contributed by atoms with van der Waals surface area (Å²) in [6, 6.07) is 17.9. The fourth-order valence-electron chi connectivity index (χ4n) is 3.41. The van der Waals surface area contributed by atoms with E-state index in [0.29, 0.717) is 13.1 Å². The first-order chi connectivity index (χ1) is 12.7. The second-order valence-electron chi connectivity index (χ2n) is 6.91. The van der Waals surface area contributed by atoms with Gasteiger partial charge < -0.3 is 9.32 Å². The summed E-state index contributed by atoms with van der Waals surface area (Å²) in [4.78, 5) is 19.5. The summed E-state index contributed by atoms with van der Waals surface area (Å²) in [7, 11) is 0. The van der Waals surface area contributed by atoms with E-state index in [1.54, 1.807) is 12.5 Å². The molecule has 0 saturated heterocycles. The highest BCUT2D eigenvalue weighted by Gasteiger charge is 2.47. The maximum Gasteiger partial charge on any atom is 0.227 e. The van der Waals surface area contributed by atoms with Crippen molar-refractivity contribution in [2.45, 2.75) is 32.4 Å². The average molecular weight is 346 g/mol. The normalized spacial score (nSPS) is 18.5. The zero-order valence-electron chi connectivity index (χ0n) is 14.8. The number of carbonyl (C=O) groups excluding carboxylic acids is 1. The van der Waals surface area contributed by atoms with E-state index in [0.717, 1.165) is 17.9 Å². The lowest BCUT2D eigenvalue weighted by Gasteiger charge is -2.23. The van der Waals surface area contributed by atoms with Gasteiger partial charge >= 0.3 is 0 Å². The second kappa shape index (κ2) is 7.16. The predicted molar refractivity (Wildman–Crippen MR) is 99.2 cm³/mol. The van der Waals surface area contributed by atoms with Crippen molar-refractivity contribution in [1.82, 2.24) is 9.88 Å². The van der Waals surface area contributed by atoms with Gasteiger partial charge in [0, 0.05) is 24.6 Å². The van der Waals surface area contributed by atoms with Crippen molar-refractivity contribution in [3.8, 4) is 0 Å². The molecule has 132 valence electrons. The van der Waals surface area contributed by atoms with Crippen LogP contribution >= 0.6 is 0 Å². The maximum absolute atomic E-state index is 13.2. The first-order valence-electron chi connectivity index (χ1n) is 8.99. The van der Waals surface area contributed by atoms with Gasteiger partial charge in [0.05, 0.1) is 18.5 Å². The standard InChI is InChI=1S/C22H22N2O2/c1-16-7-2-3-8-17(16)14-24(15-18-9-4-5-11-23-18)22(25)20-13-19(20)21-10-6-12-26-21/h2-12,19-20H,13-15H2,1H3/t19-,20-/m1/s1. The van der Waals surface area contributed by atoms with Crippen LogP contribution in [0.25, 0.3) is 0 Å². The number of hydrogen-bond acceptors (Lipinski definition) is 3. The number of furan rings is 1. The van der Waals surface area contributed by atoms with Gasteiger partial charge in [0.2, 0.25) is 5.91 Å². The first kappa shape index (κ1) is 16.6. The number of carbonyl (C=O) groups is 1. The summed E-state index contributed by atoms with van der Waals surface area (Å²) in [5.41, 5.74) is 3.28. The SMILES string of the molecule is Cc1ccccc1CN(Cc1ccccn1)C(=O)[C@@H]1C[C@H]1c1ccco1. The average Bonchev–Trinajstić information content (AvgIpc) is 3.27. The third-order valence-corrected chi connectivity index (χ3v) is 5.03. The lowest BCUT2D eigenvalue weighted by Crippen LogP contribution is -2.32. The first-order valence-corrected chi connectivity index (χ1v) is 8.99. The molecule has 2 aromatic heterocycles. The van der Waals surface area contributed by atoms with E-state index < -0.39 is 0 Å². The van der Waals surface area contributed by atoms with Crippen LogP contribution in [-0.4, -0.2) is 15.8 Å². The van der Waals surface area contributed by atoms with Crippen LogP contribution in [0.5, 0.6) is 0 Å². The molecule has 0 N–H and O–H groups in total. The van der Waals surface area contributed by atoms with E-state index in [-0.39, 0.29) is 17.7 Å². The Balaban J connectivity index is 1.54. The molecule has 4 nitrogen and oxygen atoms in total. The van der Waals surface area contributed by atoms with E-state index >= 15 is 0 Å². The van der Waals surface area contributed by atoms with Crippen LogP contribution in [0.1, 0.15) is 34.9 Å². The maximum atomic E-state index is 13.2. The van der Waals surface area contributed by atoms with Gasteiger partial charge in [0.25, 0.3) is 0 Å². The van der Waals surface area contributed by atoms with Crippen LogP contribution in [0.4, 0.5) is 0 Å².